The van der Waals surface area contributed by atoms with E-state index < -0.39 is 5.91 Å². The second-order valence-electron chi connectivity index (χ2n) is 4.52. The van der Waals surface area contributed by atoms with E-state index >= 15 is 0 Å². The predicted octanol–water partition coefficient (Wildman–Crippen LogP) is 1.43. The van der Waals surface area contributed by atoms with Gasteiger partial charge in [0.05, 0.1) is 11.7 Å². The Morgan fingerprint density at radius 1 is 1.18 bits per heavy atom. The molecule has 17 heavy (non-hydrogen) atoms. The molecule has 1 fully saturated rings. The maximum atomic E-state index is 11.2. The number of para-hydroxylation sites is 1. The van der Waals surface area contributed by atoms with Gasteiger partial charge in [0, 0.05) is 6.04 Å². The molecule has 4 heteroatoms. The molecule has 0 aliphatic heterocycles. The van der Waals surface area contributed by atoms with Gasteiger partial charge in [0.15, 0.2) is 0 Å². The van der Waals surface area contributed by atoms with E-state index in [9.17, 15) is 4.79 Å². The molecule has 0 spiro atoms. The van der Waals surface area contributed by atoms with Crippen molar-refractivity contribution in [3.05, 3.63) is 29.8 Å². The van der Waals surface area contributed by atoms with Crippen molar-refractivity contribution >= 4 is 5.91 Å². The van der Waals surface area contributed by atoms with Crippen LogP contribution in [0.5, 0.6) is 5.75 Å². The molecule has 0 atom stereocenters. The highest BCUT2D eigenvalue weighted by Crippen LogP contribution is 2.25. The van der Waals surface area contributed by atoms with E-state index in [0.717, 1.165) is 25.7 Å². The third kappa shape index (κ3) is 2.97. The molecule has 0 aromatic heterocycles. The molecule has 1 aromatic rings. The number of rotatable bonds is 3. The Hall–Kier alpha value is -1.55. The summed E-state index contributed by atoms with van der Waals surface area (Å²) in [5.74, 6) is 0.133. The first-order valence-electron chi connectivity index (χ1n) is 5.98. The zero-order chi connectivity index (χ0) is 12.3. The van der Waals surface area contributed by atoms with E-state index in [0.29, 0.717) is 17.4 Å². The molecule has 0 saturated heterocycles. The first-order chi connectivity index (χ1) is 8.16. The van der Waals surface area contributed by atoms with Crippen molar-refractivity contribution in [1.29, 1.82) is 0 Å². The van der Waals surface area contributed by atoms with E-state index in [1.54, 1.807) is 18.2 Å². The maximum Gasteiger partial charge on any atom is 0.252 e. The van der Waals surface area contributed by atoms with Crippen LogP contribution in [-0.2, 0) is 0 Å². The molecule has 0 bridgehead atoms. The van der Waals surface area contributed by atoms with Crippen LogP contribution in [0.25, 0.3) is 0 Å². The molecule has 92 valence electrons. The van der Waals surface area contributed by atoms with Crippen LogP contribution in [-0.4, -0.2) is 18.1 Å². The van der Waals surface area contributed by atoms with Crippen molar-refractivity contribution in [2.45, 2.75) is 37.8 Å². The number of carbonyl (C=O) groups is 1. The van der Waals surface area contributed by atoms with Gasteiger partial charge in [-0.1, -0.05) is 12.1 Å². The molecule has 1 aliphatic carbocycles. The normalized spacial score (nSPS) is 24.3. The Kier molecular flexibility index (Phi) is 3.64. The van der Waals surface area contributed by atoms with Gasteiger partial charge in [-0.05, 0) is 37.8 Å². The fourth-order valence-corrected chi connectivity index (χ4v) is 2.16. The van der Waals surface area contributed by atoms with Gasteiger partial charge < -0.3 is 16.2 Å². The summed E-state index contributed by atoms with van der Waals surface area (Å²) in [5, 5.41) is 0. The Bertz CT molecular complexity index is 398. The fraction of sp³-hybridized carbons (Fsp3) is 0.462. The Morgan fingerprint density at radius 3 is 2.47 bits per heavy atom. The molecular weight excluding hydrogens is 216 g/mol. The first kappa shape index (κ1) is 11.9. The van der Waals surface area contributed by atoms with Gasteiger partial charge in [0.25, 0.3) is 5.91 Å². The number of hydrogen-bond donors (Lipinski definition) is 2. The lowest BCUT2D eigenvalue weighted by Crippen LogP contribution is -2.32. The highest BCUT2D eigenvalue weighted by Gasteiger charge is 2.21. The number of carbonyl (C=O) groups excluding carboxylic acids is 1. The monoisotopic (exact) mass is 234 g/mol. The topological polar surface area (TPSA) is 78.3 Å². The predicted molar refractivity (Wildman–Crippen MR) is 65.8 cm³/mol. The first-order valence-corrected chi connectivity index (χ1v) is 5.98. The van der Waals surface area contributed by atoms with Crippen molar-refractivity contribution in [3.8, 4) is 5.75 Å². The van der Waals surface area contributed by atoms with E-state index in [4.69, 9.17) is 16.2 Å². The summed E-state index contributed by atoms with van der Waals surface area (Å²) in [7, 11) is 0. The molecule has 1 saturated carbocycles. The van der Waals surface area contributed by atoms with Gasteiger partial charge in [-0.3, -0.25) is 4.79 Å². The Morgan fingerprint density at radius 2 is 1.82 bits per heavy atom. The average molecular weight is 234 g/mol. The Labute approximate surface area is 101 Å². The summed E-state index contributed by atoms with van der Waals surface area (Å²) >= 11 is 0. The summed E-state index contributed by atoms with van der Waals surface area (Å²) in [5.41, 5.74) is 11.6. The smallest absolute Gasteiger partial charge is 0.252 e. The number of primary amides is 1. The van der Waals surface area contributed by atoms with Crippen LogP contribution in [0.15, 0.2) is 24.3 Å². The molecule has 0 heterocycles. The number of amides is 1. The minimum Gasteiger partial charge on any atom is -0.490 e. The number of hydrogen-bond acceptors (Lipinski definition) is 3. The van der Waals surface area contributed by atoms with Crippen molar-refractivity contribution in [2.75, 3.05) is 0 Å². The van der Waals surface area contributed by atoms with Gasteiger partial charge in [-0.25, -0.2) is 0 Å². The van der Waals surface area contributed by atoms with Crippen LogP contribution in [0.1, 0.15) is 36.0 Å². The molecule has 1 aliphatic rings. The zero-order valence-corrected chi connectivity index (χ0v) is 9.76. The minimum atomic E-state index is -0.451. The van der Waals surface area contributed by atoms with Gasteiger partial charge >= 0.3 is 0 Å². The fourth-order valence-electron chi connectivity index (χ4n) is 2.16. The van der Waals surface area contributed by atoms with Crippen molar-refractivity contribution in [3.63, 3.8) is 0 Å². The second-order valence-corrected chi connectivity index (χ2v) is 4.52. The third-order valence-corrected chi connectivity index (χ3v) is 3.17. The summed E-state index contributed by atoms with van der Waals surface area (Å²) in [4.78, 5) is 11.2. The number of nitrogens with two attached hydrogens (primary N) is 2. The lowest BCUT2D eigenvalue weighted by Gasteiger charge is -2.27. The lowest BCUT2D eigenvalue weighted by molar-refractivity contribution is 0.0986. The SMILES string of the molecule is NC(=O)c1ccccc1OC1CCC(N)CC1. The van der Waals surface area contributed by atoms with Crippen molar-refractivity contribution in [2.24, 2.45) is 11.5 Å². The van der Waals surface area contributed by atoms with Crippen molar-refractivity contribution in [1.82, 2.24) is 0 Å². The number of ether oxygens (including phenoxy) is 1. The van der Waals surface area contributed by atoms with E-state index in [-0.39, 0.29) is 6.10 Å². The van der Waals surface area contributed by atoms with Gasteiger partial charge in [-0.2, -0.15) is 0 Å². The van der Waals surface area contributed by atoms with Gasteiger partial charge in [-0.15, -0.1) is 0 Å². The molecule has 0 unspecified atom stereocenters. The standard InChI is InChI=1S/C13H18N2O2/c14-9-5-7-10(8-6-9)17-12-4-2-1-3-11(12)13(15)16/h1-4,9-10H,5-8,14H2,(H2,15,16). The summed E-state index contributed by atoms with van der Waals surface area (Å²) < 4.78 is 5.84. The highest BCUT2D eigenvalue weighted by atomic mass is 16.5. The third-order valence-electron chi connectivity index (χ3n) is 3.17. The van der Waals surface area contributed by atoms with Crippen LogP contribution >= 0.6 is 0 Å². The second kappa shape index (κ2) is 5.19. The van der Waals surface area contributed by atoms with E-state index in [1.807, 2.05) is 6.07 Å². The van der Waals surface area contributed by atoms with Crippen molar-refractivity contribution < 1.29 is 9.53 Å². The average Bonchev–Trinajstić information content (AvgIpc) is 2.32. The summed E-state index contributed by atoms with van der Waals surface area (Å²) in [6.45, 7) is 0. The summed E-state index contributed by atoms with van der Waals surface area (Å²) in [6.07, 6.45) is 3.98. The Balaban J connectivity index is 2.05. The molecule has 1 amide bonds. The molecule has 2 rings (SSSR count). The van der Waals surface area contributed by atoms with E-state index in [1.165, 1.54) is 0 Å². The maximum absolute atomic E-state index is 11.2. The van der Waals surface area contributed by atoms with Crippen LogP contribution in [0.2, 0.25) is 0 Å². The van der Waals surface area contributed by atoms with Crippen LogP contribution in [0, 0.1) is 0 Å². The summed E-state index contributed by atoms with van der Waals surface area (Å²) in [6, 6.07) is 7.39. The molecule has 4 nitrogen and oxygen atoms in total. The van der Waals surface area contributed by atoms with Crippen LogP contribution in [0.3, 0.4) is 0 Å². The number of benzene rings is 1. The molecule has 1 aromatic carbocycles. The largest absolute Gasteiger partial charge is 0.490 e. The highest BCUT2D eigenvalue weighted by molar-refractivity contribution is 5.95. The van der Waals surface area contributed by atoms with Gasteiger partial charge in [0.2, 0.25) is 0 Å². The quantitative estimate of drug-likeness (QED) is 0.830. The minimum absolute atomic E-state index is 0.148. The van der Waals surface area contributed by atoms with Crippen LogP contribution < -0.4 is 16.2 Å². The van der Waals surface area contributed by atoms with Gasteiger partial charge in [0.1, 0.15) is 5.75 Å². The molecule has 0 radical (unpaired) electrons. The van der Waals surface area contributed by atoms with E-state index in [2.05, 4.69) is 0 Å². The van der Waals surface area contributed by atoms with Crippen LogP contribution in [0.4, 0.5) is 0 Å². The molecular formula is C13H18N2O2. The lowest BCUT2D eigenvalue weighted by atomic mass is 9.93. The molecule has 4 N–H and O–H groups in total. The zero-order valence-electron chi connectivity index (χ0n) is 9.76.